The zero-order chi connectivity index (χ0) is 21.2. The number of aryl methyl sites for hydroxylation is 1. The number of hydrogen-bond acceptors (Lipinski definition) is 6. The van der Waals surface area contributed by atoms with Crippen LogP contribution in [0.3, 0.4) is 0 Å². The van der Waals surface area contributed by atoms with Crippen molar-refractivity contribution in [3.8, 4) is 0 Å². The number of amides is 1. The Morgan fingerprint density at radius 2 is 2.03 bits per heavy atom. The van der Waals surface area contributed by atoms with Gasteiger partial charge in [0.25, 0.3) is 5.91 Å². The summed E-state index contributed by atoms with van der Waals surface area (Å²) in [4.78, 5) is 19.6. The molecule has 3 rings (SSSR count). The molecule has 0 aliphatic heterocycles. The lowest BCUT2D eigenvalue weighted by molar-refractivity contribution is -0.138. The topological polar surface area (TPSA) is 111 Å². The second-order valence-electron chi connectivity index (χ2n) is 5.97. The molecule has 0 unspecified atom stereocenters. The van der Waals surface area contributed by atoms with E-state index in [-0.39, 0.29) is 17.3 Å². The van der Waals surface area contributed by atoms with Gasteiger partial charge in [0, 0.05) is 31.5 Å². The molecule has 0 saturated carbocycles. The lowest BCUT2D eigenvalue weighted by atomic mass is 10.1. The summed E-state index contributed by atoms with van der Waals surface area (Å²) in [6, 6.07) is 2.65. The fourth-order valence-corrected chi connectivity index (χ4v) is 2.55. The standard InChI is InChI=1S/C17H15F4N7O/c1-28-8-9(5-25-28)26-16-24-7-11(14(22)29)15(27-16)23-6-10-12(17(19,20)21)3-2-4-13(10)18/h2-5,7-8H,6H2,1H3,(H2,22,29)(H2,23,24,26,27). The van der Waals surface area contributed by atoms with Crippen molar-refractivity contribution in [1.82, 2.24) is 19.7 Å². The van der Waals surface area contributed by atoms with Gasteiger partial charge in [0.15, 0.2) is 0 Å². The largest absolute Gasteiger partial charge is 0.416 e. The van der Waals surface area contributed by atoms with Gasteiger partial charge in [-0.3, -0.25) is 9.48 Å². The summed E-state index contributed by atoms with van der Waals surface area (Å²) in [6.07, 6.45) is -0.506. The van der Waals surface area contributed by atoms with Gasteiger partial charge in [-0.1, -0.05) is 6.07 Å². The van der Waals surface area contributed by atoms with Crippen LogP contribution in [-0.4, -0.2) is 25.7 Å². The Morgan fingerprint density at radius 1 is 1.28 bits per heavy atom. The molecule has 0 aliphatic carbocycles. The van der Waals surface area contributed by atoms with E-state index >= 15 is 0 Å². The van der Waals surface area contributed by atoms with Crippen LogP contribution in [0.2, 0.25) is 0 Å². The van der Waals surface area contributed by atoms with Crippen molar-refractivity contribution in [2.45, 2.75) is 12.7 Å². The molecule has 0 spiro atoms. The summed E-state index contributed by atoms with van der Waals surface area (Å²) in [5.41, 5.74) is 3.91. The molecule has 1 aromatic carbocycles. The Balaban J connectivity index is 1.90. The van der Waals surface area contributed by atoms with Gasteiger partial charge in [0.05, 0.1) is 23.0 Å². The van der Waals surface area contributed by atoms with Gasteiger partial charge >= 0.3 is 6.18 Å². The molecule has 3 aromatic rings. The highest BCUT2D eigenvalue weighted by Crippen LogP contribution is 2.33. The monoisotopic (exact) mass is 409 g/mol. The number of nitrogens with one attached hydrogen (secondary N) is 2. The number of carbonyl (C=O) groups is 1. The minimum atomic E-state index is -4.75. The molecule has 0 bridgehead atoms. The van der Waals surface area contributed by atoms with Crippen LogP contribution < -0.4 is 16.4 Å². The van der Waals surface area contributed by atoms with Crippen molar-refractivity contribution in [3.63, 3.8) is 0 Å². The van der Waals surface area contributed by atoms with Crippen LogP contribution in [0.4, 0.5) is 35.0 Å². The minimum Gasteiger partial charge on any atom is -0.365 e. The van der Waals surface area contributed by atoms with E-state index in [0.717, 1.165) is 24.4 Å². The van der Waals surface area contributed by atoms with Crippen LogP contribution in [0.1, 0.15) is 21.5 Å². The number of nitrogens with zero attached hydrogens (tertiary/aromatic N) is 4. The first-order valence-electron chi connectivity index (χ1n) is 8.16. The number of halogens is 4. The van der Waals surface area contributed by atoms with E-state index in [9.17, 15) is 22.4 Å². The van der Waals surface area contributed by atoms with Crippen molar-refractivity contribution in [1.29, 1.82) is 0 Å². The Morgan fingerprint density at radius 3 is 2.66 bits per heavy atom. The average molecular weight is 409 g/mol. The molecule has 1 amide bonds. The lowest BCUT2D eigenvalue weighted by Gasteiger charge is -2.15. The number of primary amides is 1. The van der Waals surface area contributed by atoms with E-state index in [1.807, 2.05) is 0 Å². The van der Waals surface area contributed by atoms with E-state index in [1.165, 1.54) is 10.9 Å². The second-order valence-corrected chi connectivity index (χ2v) is 5.97. The fraction of sp³-hybridized carbons (Fsp3) is 0.176. The quantitative estimate of drug-likeness (QED) is 0.540. The Bertz CT molecular complexity index is 1050. The molecule has 0 radical (unpaired) electrons. The molecule has 0 saturated heterocycles. The number of aromatic nitrogens is 4. The van der Waals surface area contributed by atoms with Gasteiger partial charge < -0.3 is 16.4 Å². The summed E-state index contributed by atoms with van der Waals surface area (Å²) >= 11 is 0. The van der Waals surface area contributed by atoms with Crippen LogP contribution in [0.25, 0.3) is 0 Å². The van der Waals surface area contributed by atoms with Crippen molar-refractivity contribution in [3.05, 3.63) is 59.3 Å². The molecule has 8 nitrogen and oxygen atoms in total. The van der Waals surface area contributed by atoms with Crippen LogP contribution in [-0.2, 0) is 19.8 Å². The summed E-state index contributed by atoms with van der Waals surface area (Å²) in [5, 5.41) is 9.33. The highest BCUT2D eigenvalue weighted by molar-refractivity contribution is 5.97. The third-order valence-electron chi connectivity index (χ3n) is 3.87. The van der Waals surface area contributed by atoms with Crippen LogP contribution in [0, 0.1) is 5.82 Å². The summed E-state index contributed by atoms with van der Waals surface area (Å²) in [7, 11) is 1.70. The number of hydrogen-bond donors (Lipinski definition) is 3. The maximum Gasteiger partial charge on any atom is 0.416 e. The number of rotatable bonds is 6. The molecule has 4 N–H and O–H groups in total. The Labute approximate surface area is 161 Å². The molecule has 0 atom stereocenters. The van der Waals surface area contributed by atoms with Gasteiger partial charge in [-0.05, 0) is 12.1 Å². The molecule has 2 heterocycles. The maximum absolute atomic E-state index is 14.0. The Kier molecular flexibility index (Phi) is 5.35. The number of nitrogens with two attached hydrogens (primary N) is 1. The van der Waals surface area contributed by atoms with Crippen molar-refractivity contribution < 1.29 is 22.4 Å². The zero-order valence-electron chi connectivity index (χ0n) is 15.0. The molecular formula is C17H15F4N7O. The Hall–Kier alpha value is -3.70. The summed E-state index contributed by atoms with van der Waals surface area (Å²) in [5.74, 6) is -2.05. The van der Waals surface area contributed by atoms with E-state index in [1.54, 1.807) is 13.2 Å². The second kappa shape index (κ2) is 7.73. The SMILES string of the molecule is Cn1cc(Nc2ncc(C(N)=O)c(NCc3c(F)cccc3C(F)(F)F)n2)cn1. The summed E-state index contributed by atoms with van der Waals surface area (Å²) in [6.45, 7) is -0.578. The predicted octanol–water partition coefficient (Wildman–Crippen LogP) is 2.82. The number of anilines is 3. The van der Waals surface area contributed by atoms with Gasteiger partial charge in [-0.2, -0.15) is 23.3 Å². The van der Waals surface area contributed by atoms with E-state index < -0.39 is 35.6 Å². The third-order valence-corrected chi connectivity index (χ3v) is 3.87. The van der Waals surface area contributed by atoms with Crippen LogP contribution >= 0.6 is 0 Å². The lowest BCUT2D eigenvalue weighted by Crippen LogP contribution is -2.18. The average Bonchev–Trinajstić information content (AvgIpc) is 3.04. The molecule has 2 aromatic heterocycles. The van der Waals surface area contributed by atoms with Crippen LogP contribution in [0.5, 0.6) is 0 Å². The maximum atomic E-state index is 14.0. The molecular weight excluding hydrogens is 394 g/mol. The summed E-state index contributed by atoms with van der Waals surface area (Å²) < 4.78 is 55.0. The van der Waals surface area contributed by atoms with Gasteiger partial charge in [-0.15, -0.1) is 0 Å². The number of alkyl halides is 3. The molecule has 152 valence electrons. The van der Waals surface area contributed by atoms with Gasteiger partial charge in [0.2, 0.25) is 5.95 Å². The molecule has 29 heavy (non-hydrogen) atoms. The minimum absolute atomic E-state index is 0.0371. The first kappa shape index (κ1) is 20.0. The van der Waals surface area contributed by atoms with E-state index in [4.69, 9.17) is 5.73 Å². The fourth-order valence-electron chi connectivity index (χ4n) is 2.55. The first-order chi connectivity index (χ1) is 13.6. The highest BCUT2D eigenvalue weighted by Gasteiger charge is 2.34. The zero-order valence-corrected chi connectivity index (χ0v) is 15.0. The van der Waals surface area contributed by atoms with Gasteiger partial charge in [0.1, 0.15) is 11.6 Å². The normalized spacial score (nSPS) is 11.3. The van der Waals surface area contributed by atoms with Crippen molar-refractivity contribution in [2.75, 3.05) is 10.6 Å². The predicted molar refractivity (Wildman–Crippen MR) is 95.8 cm³/mol. The molecule has 0 aliphatic rings. The number of benzene rings is 1. The van der Waals surface area contributed by atoms with E-state index in [2.05, 4.69) is 25.7 Å². The number of carbonyl (C=O) groups excluding carboxylic acids is 1. The van der Waals surface area contributed by atoms with Crippen molar-refractivity contribution in [2.24, 2.45) is 12.8 Å². The third kappa shape index (κ3) is 4.59. The molecule has 12 heteroatoms. The molecule has 0 fully saturated rings. The van der Waals surface area contributed by atoms with Crippen LogP contribution in [0.15, 0.2) is 36.8 Å². The van der Waals surface area contributed by atoms with Crippen molar-refractivity contribution >= 4 is 23.4 Å². The van der Waals surface area contributed by atoms with Gasteiger partial charge in [-0.25, -0.2) is 9.37 Å². The van der Waals surface area contributed by atoms with E-state index in [0.29, 0.717) is 5.69 Å². The highest BCUT2D eigenvalue weighted by atomic mass is 19.4. The smallest absolute Gasteiger partial charge is 0.365 e. The first-order valence-corrected chi connectivity index (χ1v) is 8.16.